The van der Waals surface area contributed by atoms with Gasteiger partial charge in [0.25, 0.3) is 0 Å². The first-order chi connectivity index (χ1) is 7.31. The van der Waals surface area contributed by atoms with E-state index in [1.807, 2.05) is 12.4 Å². The maximum Gasteiger partial charge on any atom is 0.123 e. The topological polar surface area (TPSA) is 40.7 Å². The fourth-order valence-corrected chi connectivity index (χ4v) is 1.90. The molecule has 0 fully saturated rings. The zero-order valence-electron chi connectivity index (χ0n) is 10.1. The zero-order valence-corrected chi connectivity index (χ0v) is 10.1. The highest BCUT2D eigenvalue weighted by Crippen LogP contribution is 2.14. The molecule has 2 N–H and O–H groups in total. The lowest BCUT2D eigenvalue weighted by Crippen LogP contribution is -2.32. The Morgan fingerprint density at radius 1 is 1.33 bits per heavy atom. The zero-order chi connectivity index (χ0) is 11.1. The standard InChI is InChI=1S/C12H23N3/c1-4-7-10(5-2)15-11(6-3)12-13-8-9-14-12/h8-11,15H,4-7H2,1-3H3,(H,13,14). The molecule has 0 amide bonds. The molecule has 1 aromatic heterocycles. The monoisotopic (exact) mass is 209 g/mol. The van der Waals surface area contributed by atoms with E-state index in [0.717, 1.165) is 12.2 Å². The molecule has 2 unspecified atom stereocenters. The molecule has 3 heteroatoms. The van der Waals surface area contributed by atoms with Crippen molar-refractivity contribution in [2.45, 2.75) is 58.5 Å². The van der Waals surface area contributed by atoms with Gasteiger partial charge in [0.1, 0.15) is 5.82 Å². The fourth-order valence-electron chi connectivity index (χ4n) is 1.90. The molecule has 2 atom stereocenters. The van der Waals surface area contributed by atoms with Gasteiger partial charge in [0.15, 0.2) is 0 Å². The summed E-state index contributed by atoms with van der Waals surface area (Å²) in [6, 6.07) is 0.988. The van der Waals surface area contributed by atoms with Crippen molar-refractivity contribution >= 4 is 0 Å². The van der Waals surface area contributed by atoms with Crippen LogP contribution in [-0.2, 0) is 0 Å². The Bertz CT molecular complexity index is 243. The Morgan fingerprint density at radius 3 is 2.60 bits per heavy atom. The molecule has 1 rings (SSSR count). The third kappa shape index (κ3) is 3.67. The highest BCUT2D eigenvalue weighted by molar-refractivity contribution is 4.95. The average molecular weight is 209 g/mol. The Balaban J connectivity index is 2.52. The minimum atomic E-state index is 0.372. The summed E-state index contributed by atoms with van der Waals surface area (Å²) in [7, 11) is 0. The van der Waals surface area contributed by atoms with Crippen LogP contribution in [-0.4, -0.2) is 16.0 Å². The van der Waals surface area contributed by atoms with E-state index in [1.54, 1.807) is 0 Å². The van der Waals surface area contributed by atoms with Gasteiger partial charge in [-0.05, 0) is 19.3 Å². The minimum Gasteiger partial charge on any atom is -0.347 e. The van der Waals surface area contributed by atoms with E-state index in [2.05, 4.69) is 36.1 Å². The van der Waals surface area contributed by atoms with Crippen molar-refractivity contribution in [3.8, 4) is 0 Å². The highest BCUT2D eigenvalue weighted by atomic mass is 15.0. The van der Waals surface area contributed by atoms with Gasteiger partial charge in [0.2, 0.25) is 0 Å². The van der Waals surface area contributed by atoms with Gasteiger partial charge in [-0.2, -0.15) is 0 Å². The van der Waals surface area contributed by atoms with Crippen LogP contribution in [0, 0.1) is 0 Å². The molecule has 0 bridgehead atoms. The maximum absolute atomic E-state index is 4.32. The number of nitrogens with one attached hydrogen (secondary N) is 2. The number of aromatic nitrogens is 2. The van der Waals surface area contributed by atoms with Crippen molar-refractivity contribution in [3.63, 3.8) is 0 Å². The van der Waals surface area contributed by atoms with Gasteiger partial charge < -0.3 is 10.3 Å². The van der Waals surface area contributed by atoms with Gasteiger partial charge >= 0.3 is 0 Å². The molecule has 0 saturated heterocycles. The molecule has 0 spiro atoms. The molecule has 0 aliphatic carbocycles. The number of rotatable bonds is 7. The Morgan fingerprint density at radius 2 is 2.13 bits per heavy atom. The van der Waals surface area contributed by atoms with Gasteiger partial charge in [-0.15, -0.1) is 0 Å². The SMILES string of the molecule is CCCC(CC)NC(CC)c1ncc[nH]1. The third-order valence-corrected chi connectivity index (χ3v) is 2.82. The molecule has 86 valence electrons. The van der Waals surface area contributed by atoms with Gasteiger partial charge in [0, 0.05) is 18.4 Å². The average Bonchev–Trinajstić information content (AvgIpc) is 2.77. The number of hydrogen-bond donors (Lipinski definition) is 2. The minimum absolute atomic E-state index is 0.372. The van der Waals surface area contributed by atoms with Gasteiger partial charge in [-0.3, -0.25) is 0 Å². The molecule has 0 aliphatic rings. The second-order valence-electron chi connectivity index (χ2n) is 4.00. The molecule has 0 saturated carbocycles. The summed E-state index contributed by atoms with van der Waals surface area (Å²) in [6.45, 7) is 6.67. The molecule has 1 aromatic rings. The van der Waals surface area contributed by atoms with E-state index in [9.17, 15) is 0 Å². The lowest BCUT2D eigenvalue weighted by molar-refractivity contribution is 0.385. The molecule has 15 heavy (non-hydrogen) atoms. The Hall–Kier alpha value is -0.830. The quantitative estimate of drug-likeness (QED) is 0.724. The van der Waals surface area contributed by atoms with Crippen LogP contribution in [0.25, 0.3) is 0 Å². The summed E-state index contributed by atoms with van der Waals surface area (Å²) in [4.78, 5) is 7.50. The molecule has 0 aromatic carbocycles. The first-order valence-corrected chi connectivity index (χ1v) is 6.07. The number of hydrogen-bond acceptors (Lipinski definition) is 2. The van der Waals surface area contributed by atoms with E-state index in [1.165, 1.54) is 19.3 Å². The molecule has 0 aliphatic heterocycles. The van der Waals surface area contributed by atoms with Crippen LogP contribution >= 0.6 is 0 Å². The summed E-state index contributed by atoms with van der Waals surface area (Å²) in [5.41, 5.74) is 0. The molecular weight excluding hydrogens is 186 g/mol. The van der Waals surface area contributed by atoms with Gasteiger partial charge in [0.05, 0.1) is 6.04 Å². The smallest absolute Gasteiger partial charge is 0.123 e. The van der Waals surface area contributed by atoms with Crippen LogP contribution in [0.15, 0.2) is 12.4 Å². The lowest BCUT2D eigenvalue weighted by Gasteiger charge is -2.22. The summed E-state index contributed by atoms with van der Waals surface area (Å²) >= 11 is 0. The highest BCUT2D eigenvalue weighted by Gasteiger charge is 2.15. The number of nitrogens with zero attached hydrogens (tertiary/aromatic N) is 1. The van der Waals surface area contributed by atoms with Crippen molar-refractivity contribution < 1.29 is 0 Å². The van der Waals surface area contributed by atoms with Crippen LogP contribution < -0.4 is 5.32 Å². The second-order valence-corrected chi connectivity index (χ2v) is 4.00. The molecular formula is C12H23N3. The van der Waals surface area contributed by atoms with Crippen LogP contribution in [0.4, 0.5) is 0 Å². The molecule has 0 radical (unpaired) electrons. The van der Waals surface area contributed by atoms with E-state index < -0.39 is 0 Å². The van der Waals surface area contributed by atoms with Crippen molar-refractivity contribution in [1.82, 2.24) is 15.3 Å². The van der Waals surface area contributed by atoms with E-state index in [0.29, 0.717) is 12.1 Å². The number of H-pyrrole nitrogens is 1. The van der Waals surface area contributed by atoms with Crippen molar-refractivity contribution in [3.05, 3.63) is 18.2 Å². The van der Waals surface area contributed by atoms with E-state index in [4.69, 9.17) is 0 Å². The summed E-state index contributed by atoms with van der Waals surface area (Å²) in [6.07, 6.45) is 8.45. The lowest BCUT2D eigenvalue weighted by atomic mass is 10.1. The summed E-state index contributed by atoms with van der Waals surface area (Å²) < 4.78 is 0. The summed E-state index contributed by atoms with van der Waals surface area (Å²) in [5, 5.41) is 3.66. The van der Waals surface area contributed by atoms with Crippen molar-refractivity contribution in [2.75, 3.05) is 0 Å². The summed E-state index contributed by atoms with van der Waals surface area (Å²) in [5.74, 6) is 1.06. The fraction of sp³-hybridized carbons (Fsp3) is 0.750. The first-order valence-electron chi connectivity index (χ1n) is 6.07. The largest absolute Gasteiger partial charge is 0.347 e. The molecule has 3 nitrogen and oxygen atoms in total. The molecule has 1 heterocycles. The maximum atomic E-state index is 4.32. The van der Waals surface area contributed by atoms with Crippen LogP contribution in [0.2, 0.25) is 0 Å². The van der Waals surface area contributed by atoms with Crippen LogP contribution in [0.1, 0.15) is 58.3 Å². The van der Waals surface area contributed by atoms with Crippen molar-refractivity contribution in [1.29, 1.82) is 0 Å². The van der Waals surface area contributed by atoms with E-state index in [-0.39, 0.29) is 0 Å². The predicted octanol–water partition coefficient (Wildman–Crippen LogP) is 3.03. The van der Waals surface area contributed by atoms with Gasteiger partial charge in [-0.1, -0.05) is 27.2 Å². The number of imidazole rings is 1. The normalized spacial score (nSPS) is 15.1. The van der Waals surface area contributed by atoms with Crippen LogP contribution in [0.5, 0.6) is 0 Å². The predicted molar refractivity (Wildman–Crippen MR) is 63.7 cm³/mol. The van der Waals surface area contributed by atoms with Crippen molar-refractivity contribution in [2.24, 2.45) is 0 Å². The number of aromatic amines is 1. The Kier molecular flexibility index (Phi) is 5.40. The first kappa shape index (κ1) is 12.2. The Labute approximate surface area is 92.7 Å². The third-order valence-electron chi connectivity index (χ3n) is 2.82. The van der Waals surface area contributed by atoms with Gasteiger partial charge in [-0.25, -0.2) is 4.98 Å². The van der Waals surface area contributed by atoms with Crippen LogP contribution in [0.3, 0.4) is 0 Å². The van der Waals surface area contributed by atoms with E-state index >= 15 is 0 Å². The second kappa shape index (κ2) is 6.62.